The van der Waals surface area contributed by atoms with Gasteiger partial charge in [0.15, 0.2) is 17.5 Å². The molecule has 1 aromatic heterocycles. The minimum absolute atomic E-state index is 0.0861. The molecule has 1 heterocycles. The van der Waals surface area contributed by atoms with Crippen LogP contribution in [0.3, 0.4) is 0 Å². The zero-order valence-corrected chi connectivity index (χ0v) is 10.1. The van der Waals surface area contributed by atoms with Crippen LogP contribution in [0.1, 0.15) is 16.2 Å². The maximum atomic E-state index is 13.1. The van der Waals surface area contributed by atoms with Gasteiger partial charge < -0.3 is 11.5 Å². The summed E-state index contributed by atoms with van der Waals surface area (Å²) in [5.41, 5.74) is 10.7. The predicted octanol–water partition coefficient (Wildman–Crippen LogP) is 1.80. The molecule has 19 heavy (non-hydrogen) atoms. The highest BCUT2D eigenvalue weighted by Crippen LogP contribution is 2.22. The summed E-state index contributed by atoms with van der Waals surface area (Å²) < 4.78 is 26.0. The molecule has 0 aliphatic carbocycles. The van der Waals surface area contributed by atoms with Crippen LogP contribution in [0.15, 0.2) is 18.3 Å². The van der Waals surface area contributed by atoms with Crippen molar-refractivity contribution < 1.29 is 13.6 Å². The Kier molecular flexibility index (Phi) is 3.30. The lowest BCUT2D eigenvalue weighted by atomic mass is 10.1. The van der Waals surface area contributed by atoms with E-state index in [1.165, 1.54) is 0 Å². The van der Waals surface area contributed by atoms with Gasteiger partial charge in [-0.05, 0) is 12.1 Å². The molecule has 0 unspecified atom stereocenters. The van der Waals surface area contributed by atoms with Gasteiger partial charge in [-0.15, -0.1) is 0 Å². The Bertz CT molecular complexity index is 678. The molecule has 0 bridgehead atoms. The number of nitrogen functional groups attached to an aromatic ring is 2. The highest BCUT2D eigenvalue weighted by atomic mass is 35.5. The molecule has 0 spiro atoms. The van der Waals surface area contributed by atoms with E-state index in [9.17, 15) is 13.6 Å². The molecule has 0 fully saturated rings. The Hall–Kier alpha value is -2.28. The fraction of sp³-hybridized carbons (Fsp3) is 0. The van der Waals surface area contributed by atoms with Gasteiger partial charge in [-0.1, -0.05) is 11.6 Å². The lowest BCUT2D eigenvalue weighted by Gasteiger charge is -2.05. The molecule has 5 nitrogen and oxygen atoms in total. The largest absolute Gasteiger partial charge is 0.394 e. The Morgan fingerprint density at radius 3 is 2.47 bits per heavy atom. The zero-order chi connectivity index (χ0) is 14.2. The summed E-state index contributed by atoms with van der Waals surface area (Å²) in [6, 6.07) is 1.38. The Labute approximate surface area is 111 Å². The molecule has 0 radical (unpaired) electrons. The summed E-state index contributed by atoms with van der Waals surface area (Å²) in [5.74, 6) is -3.53. The number of ketones is 1. The quantitative estimate of drug-likeness (QED) is 0.648. The van der Waals surface area contributed by atoms with Gasteiger partial charge in [0.05, 0.1) is 16.9 Å². The van der Waals surface area contributed by atoms with Crippen LogP contribution >= 0.6 is 11.6 Å². The normalized spacial score (nSPS) is 10.5. The third-order valence-electron chi connectivity index (χ3n) is 2.31. The molecule has 0 saturated heterocycles. The number of carbonyl (C=O) groups excluding carboxylic acids is 1. The minimum atomic E-state index is -1.20. The number of hydrogen-bond donors (Lipinski definition) is 2. The molecule has 1 aromatic carbocycles. The highest BCUT2D eigenvalue weighted by Gasteiger charge is 2.19. The number of anilines is 2. The van der Waals surface area contributed by atoms with E-state index in [1.807, 2.05) is 0 Å². The van der Waals surface area contributed by atoms with Gasteiger partial charge in [-0.2, -0.15) is 0 Å². The van der Waals surface area contributed by atoms with Crippen molar-refractivity contribution in [1.29, 1.82) is 0 Å². The number of halogens is 3. The topological polar surface area (TPSA) is 94.9 Å². The molecule has 2 aromatic rings. The summed E-state index contributed by atoms with van der Waals surface area (Å²) in [6.45, 7) is 0. The smallest absolute Gasteiger partial charge is 0.231 e. The van der Waals surface area contributed by atoms with E-state index in [0.717, 1.165) is 6.20 Å². The Morgan fingerprint density at radius 2 is 1.84 bits per heavy atom. The lowest BCUT2D eigenvalue weighted by Crippen LogP contribution is -2.11. The monoisotopic (exact) mass is 284 g/mol. The third kappa shape index (κ3) is 2.45. The number of benzene rings is 1. The number of aromatic nitrogens is 2. The van der Waals surface area contributed by atoms with Gasteiger partial charge >= 0.3 is 0 Å². The predicted molar refractivity (Wildman–Crippen MR) is 65.7 cm³/mol. The van der Waals surface area contributed by atoms with Gasteiger partial charge in [0.25, 0.3) is 0 Å². The molecule has 0 aliphatic heterocycles. The average Bonchev–Trinajstić information content (AvgIpc) is 2.36. The summed E-state index contributed by atoms with van der Waals surface area (Å²) >= 11 is 5.68. The van der Waals surface area contributed by atoms with E-state index >= 15 is 0 Å². The highest BCUT2D eigenvalue weighted by molar-refractivity contribution is 6.34. The first kappa shape index (κ1) is 13.2. The molecule has 98 valence electrons. The standard InChI is InChI=1S/C11H7ClF2N4O/c12-5-2-7(14)6(13)1-4(5)9(19)11-17-3-8(15)10(16)18-11/h1-3H,15H2,(H2,16,17,18). The SMILES string of the molecule is Nc1cnc(C(=O)c2cc(F)c(F)cc2Cl)nc1N. The molecule has 2 rings (SSSR count). The van der Waals surface area contributed by atoms with Crippen LogP contribution in [-0.2, 0) is 0 Å². The van der Waals surface area contributed by atoms with Crippen LogP contribution in [0.4, 0.5) is 20.3 Å². The molecular formula is C11H7ClF2N4O. The molecule has 0 aliphatic rings. The first-order chi connectivity index (χ1) is 8.90. The fourth-order valence-corrected chi connectivity index (χ4v) is 1.57. The maximum Gasteiger partial charge on any atom is 0.231 e. The van der Waals surface area contributed by atoms with Crippen molar-refractivity contribution in [2.24, 2.45) is 0 Å². The molecule has 0 amide bonds. The number of nitrogens with two attached hydrogens (primary N) is 2. The zero-order valence-electron chi connectivity index (χ0n) is 9.32. The van der Waals surface area contributed by atoms with E-state index in [-0.39, 0.29) is 27.9 Å². The van der Waals surface area contributed by atoms with Gasteiger partial charge in [0.1, 0.15) is 0 Å². The maximum absolute atomic E-state index is 13.1. The number of carbonyl (C=O) groups is 1. The van der Waals surface area contributed by atoms with Crippen LogP contribution in [-0.4, -0.2) is 15.8 Å². The van der Waals surface area contributed by atoms with Crippen molar-refractivity contribution in [3.63, 3.8) is 0 Å². The molecule has 4 N–H and O–H groups in total. The molecule has 8 heteroatoms. The number of nitrogens with zero attached hydrogens (tertiary/aromatic N) is 2. The van der Waals surface area contributed by atoms with Crippen LogP contribution in [0, 0.1) is 11.6 Å². The van der Waals surface area contributed by atoms with E-state index in [2.05, 4.69) is 9.97 Å². The van der Waals surface area contributed by atoms with Crippen molar-refractivity contribution in [2.75, 3.05) is 11.5 Å². The third-order valence-corrected chi connectivity index (χ3v) is 2.62. The first-order valence-electron chi connectivity index (χ1n) is 4.97. The summed E-state index contributed by atoms with van der Waals surface area (Å²) in [7, 11) is 0. The minimum Gasteiger partial charge on any atom is -0.394 e. The van der Waals surface area contributed by atoms with Crippen LogP contribution in [0.25, 0.3) is 0 Å². The van der Waals surface area contributed by atoms with Crippen LogP contribution in [0.2, 0.25) is 5.02 Å². The first-order valence-corrected chi connectivity index (χ1v) is 5.35. The Morgan fingerprint density at radius 1 is 1.21 bits per heavy atom. The van der Waals surface area contributed by atoms with Gasteiger partial charge in [0.2, 0.25) is 11.6 Å². The second-order valence-corrected chi connectivity index (χ2v) is 4.02. The van der Waals surface area contributed by atoms with Crippen molar-refractivity contribution >= 4 is 28.9 Å². The number of hydrogen-bond acceptors (Lipinski definition) is 5. The van der Waals surface area contributed by atoms with E-state index in [0.29, 0.717) is 12.1 Å². The molecule has 0 saturated carbocycles. The molecular weight excluding hydrogens is 278 g/mol. The van der Waals surface area contributed by atoms with Gasteiger partial charge in [0, 0.05) is 5.56 Å². The van der Waals surface area contributed by atoms with Gasteiger partial charge in [-0.3, -0.25) is 4.79 Å². The second kappa shape index (κ2) is 4.77. The van der Waals surface area contributed by atoms with Crippen molar-refractivity contribution in [2.45, 2.75) is 0 Å². The van der Waals surface area contributed by atoms with Crippen molar-refractivity contribution in [3.05, 3.63) is 46.4 Å². The van der Waals surface area contributed by atoms with Crippen molar-refractivity contribution in [1.82, 2.24) is 9.97 Å². The summed E-state index contributed by atoms with van der Waals surface area (Å²) in [5, 5.41) is -0.247. The van der Waals surface area contributed by atoms with E-state index in [4.69, 9.17) is 23.1 Å². The Balaban J connectivity index is 2.49. The van der Waals surface area contributed by atoms with Crippen LogP contribution < -0.4 is 11.5 Å². The van der Waals surface area contributed by atoms with Crippen molar-refractivity contribution in [3.8, 4) is 0 Å². The van der Waals surface area contributed by atoms with E-state index in [1.54, 1.807) is 0 Å². The van der Waals surface area contributed by atoms with Crippen LogP contribution in [0.5, 0.6) is 0 Å². The second-order valence-electron chi connectivity index (χ2n) is 3.61. The lowest BCUT2D eigenvalue weighted by molar-refractivity contribution is 0.102. The summed E-state index contributed by atoms with van der Waals surface area (Å²) in [6.07, 6.45) is 1.14. The van der Waals surface area contributed by atoms with E-state index < -0.39 is 17.4 Å². The summed E-state index contributed by atoms with van der Waals surface area (Å²) in [4.78, 5) is 19.3. The average molecular weight is 285 g/mol. The van der Waals surface area contributed by atoms with Gasteiger partial charge in [-0.25, -0.2) is 18.7 Å². The number of rotatable bonds is 2. The molecule has 0 atom stereocenters. The fourth-order valence-electron chi connectivity index (χ4n) is 1.33.